The molecule has 0 bridgehead atoms. The summed E-state index contributed by atoms with van der Waals surface area (Å²) in [6.07, 6.45) is 13.3. The molecule has 0 atom stereocenters. The first-order chi connectivity index (χ1) is 14.6. The lowest BCUT2D eigenvalue weighted by atomic mass is 10.0. The van der Waals surface area contributed by atoms with E-state index in [4.69, 9.17) is 0 Å². The zero-order chi connectivity index (χ0) is 21.6. The smallest absolute Gasteiger partial charge is 0.330 e. The van der Waals surface area contributed by atoms with E-state index in [2.05, 4.69) is 33.7 Å². The quantitative estimate of drug-likeness (QED) is 0.285. The van der Waals surface area contributed by atoms with Gasteiger partial charge in [-0.1, -0.05) is 61.4 Å². The number of rotatable bonds is 11. The molecule has 0 amide bonds. The van der Waals surface area contributed by atoms with Crippen molar-refractivity contribution in [2.24, 2.45) is 0 Å². The van der Waals surface area contributed by atoms with E-state index in [0.29, 0.717) is 0 Å². The van der Waals surface area contributed by atoms with Gasteiger partial charge in [-0.2, -0.15) is 0 Å². The Bertz CT molecular complexity index is 772. The molecule has 0 unspecified atom stereocenters. The predicted octanol–water partition coefficient (Wildman–Crippen LogP) is 5.40. The van der Waals surface area contributed by atoms with Gasteiger partial charge >= 0.3 is 11.9 Å². The minimum Gasteiger partial charge on any atom is -0.466 e. The minimum atomic E-state index is -0.342. The maximum atomic E-state index is 11.1. The van der Waals surface area contributed by atoms with E-state index < -0.39 is 0 Å². The third-order valence-corrected chi connectivity index (χ3v) is 4.87. The molecule has 0 aliphatic heterocycles. The van der Waals surface area contributed by atoms with Crippen LogP contribution < -0.4 is 0 Å². The lowest BCUT2D eigenvalue weighted by molar-refractivity contribution is -0.135. The molecule has 0 aliphatic carbocycles. The van der Waals surface area contributed by atoms with Crippen molar-refractivity contribution in [3.8, 4) is 0 Å². The van der Waals surface area contributed by atoms with E-state index >= 15 is 0 Å². The highest BCUT2D eigenvalue weighted by Crippen LogP contribution is 2.13. The Morgan fingerprint density at radius 1 is 0.633 bits per heavy atom. The topological polar surface area (TPSA) is 52.6 Å². The lowest BCUT2D eigenvalue weighted by Crippen LogP contribution is -1.93. The van der Waals surface area contributed by atoms with Gasteiger partial charge in [0.05, 0.1) is 14.2 Å². The van der Waals surface area contributed by atoms with Crippen molar-refractivity contribution in [3.05, 3.63) is 82.9 Å². The Labute approximate surface area is 179 Å². The van der Waals surface area contributed by atoms with E-state index in [1.807, 2.05) is 24.3 Å². The van der Waals surface area contributed by atoms with Crippen LogP contribution in [0.5, 0.6) is 0 Å². The first-order valence-corrected chi connectivity index (χ1v) is 10.3. The van der Waals surface area contributed by atoms with Crippen LogP contribution in [0.2, 0.25) is 0 Å². The Hall–Kier alpha value is -3.14. The molecule has 0 radical (unpaired) electrons. The van der Waals surface area contributed by atoms with E-state index in [1.54, 1.807) is 12.2 Å². The largest absolute Gasteiger partial charge is 0.466 e. The lowest BCUT2D eigenvalue weighted by Gasteiger charge is -2.04. The summed E-state index contributed by atoms with van der Waals surface area (Å²) in [5.74, 6) is -0.684. The highest BCUT2D eigenvalue weighted by molar-refractivity contribution is 5.87. The number of hydrogen-bond acceptors (Lipinski definition) is 4. The van der Waals surface area contributed by atoms with Gasteiger partial charge in [0.15, 0.2) is 0 Å². The number of benzene rings is 2. The monoisotopic (exact) mass is 406 g/mol. The van der Waals surface area contributed by atoms with Gasteiger partial charge in [-0.3, -0.25) is 0 Å². The molecule has 4 nitrogen and oxygen atoms in total. The van der Waals surface area contributed by atoms with Crippen LogP contribution in [0, 0.1) is 0 Å². The van der Waals surface area contributed by atoms with Crippen molar-refractivity contribution in [2.45, 2.75) is 38.5 Å². The summed E-state index contributed by atoms with van der Waals surface area (Å²) in [5, 5.41) is 0. The second kappa shape index (κ2) is 13.2. The van der Waals surface area contributed by atoms with E-state index in [9.17, 15) is 9.59 Å². The summed E-state index contributed by atoms with van der Waals surface area (Å²) in [5.41, 5.74) is 4.63. The fourth-order valence-electron chi connectivity index (χ4n) is 3.07. The molecule has 0 aromatic heterocycles. The first kappa shape index (κ1) is 23.1. The van der Waals surface area contributed by atoms with Crippen molar-refractivity contribution in [3.63, 3.8) is 0 Å². The van der Waals surface area contributed by atoms with Crippen LogP contribution in [-0.2, 0) is 31.9 Å². The SMILES string of the molecule is COC(=O)/C=C/c1ccc(CCCCCCc2ccc(/C=C/C(=O)OC)cc2)cc1. The van der Waals surface area contributed by atoms with Crippen molar-refractivity contribution in [1.29, 1.82) is 0 Å². The van der Waals surface area contributed by atoms with Crippen LogP contribution in [-0.4, -0.2) is 26.2 Å². The minimum absolute atomic E-state index is 0.342. The number of methoxy groups -OCH3 is 2. The van der Waals surface area contributed by atoms with Crippen LogP contribution in [0.15, 0.2) is 60.7 Å². The Balaban J connectivity index is 1.62. The molecule has 4 heteroatoms. The highest BCUT2D eigenvalue weighted by atomic mass is 16.5. The number of hydrogen-bond donors (Lipinski definition) is 0. The van der Waals surface area contributed by atoms with Crippen LogP contribution >= 0.6 is 0 Å². The second-order valence-electron chi connectivity index (χ2n) is 7.11. The van der Waals surface area contributed by atoms with Crippen LogP contribution in [0.1, 0.15) is 47.9 Å². The number of ether oxygens (including phenoxy) is 2. The summed E-state index contributed by atoms with van der Waals surface area (Å²) in [7, 11) is 2.75. The molecule has 0 fully saturated rings. The molecule has 0 heterocycles. The number of carbonyl (C=O) groups excluding carboxylic acids is 2. The van der Waals surface area contributed by atoms with Gasteiger partial charge in [0.2, 0.25) is 0 Å². The van der Waals surface area contributed by atoms with Gasteiger partial charge in [0.1, 0.15) is 0 Å². The molecule has 0 saturated carbocycles. The van der Waals surface area contributed by atoms with Crippen LogP contribution in [0.3, 0.4) is 0 Å². The fourth-order valence-corrected chi connectivity index (χ4v) is 3.07. The summed E-state index contributed by atoms with van der Waals surface area (Å²) < 4.78 is 9.18. The summed E-state index contributed by atoms with van der Waals surface area (Å²) >= 11 is 0. The summed E-state index contributed by atoms with van der Waals surface area (Å²) in [6.45, 7) is 0. The van der Waals surface area contributed by atoms with Gasteiger partial charge in [0.25, 0.3) is 0 Å². The third kappa shape index (κ3) is 8.91. The van der Waals surface area contributed by atoms with Crippen molar-refractivity contribution >= 4 is 24.1 Å². The zero-order valence-electron chi connectivity index (χ0n) is 17.8. The normalized spacial score (nSPS) is 11.1. The predicted molar refractivity (Wildman–Crippen MR) is 121 cm³/mol. The average Bonchev–Trinajstić information content (AvgIpc) is 2.79. The van der Waals surface area contributed by atoms with Crippen molar-refractivity contribution < 1.29 is 19.1 Å². The molecular weight excluding hydrogens is 376 g/mol. The third-order valence-electron chi connectivity index (χ3n) is 4.87. The molecule has 2 rings (SSSR count). The van der Waals surface area contributed by atoms with Gasteiger partial charge in [-0.15, -0.1) is 0 Å². The Morgan fingerprint density at radius 3 is 1.33 bits per heavy atom. The zero-order valence-corrected chi connectivity index (χ0v) is 17.8. The summed E-state index contributed by atoms with van der Waals surface area (Å²) in [6, 6.07) is 16.6. The van der Waals surface area contributed by atoms with Crippen LogP contribution in [0.25, 0.3) is 12.2 Å². The molecule has 158 valence electrons. The number of unbranched alkanes of at least 4 members (excludes halogenated alkanes) is 3. The molecule has 2 aromatic carbocycles. The Morgan fingerprint density at radius 2 is 1.00 bits per heavy atom. The second-order valence-corrected chi connectivity index (χ2v) is 7.11. The standard InChI is InChI=1S/C26H30O4/c1-29-25(27)19-17-23-13-9-21(10-14-23)7-5-3-4-6-8-22-11-15-24(16-12-22)18-20-26(28)30-2/h9-20H,3-8H2,1-2H3/b19-17+,20-18+. The van der Waals surface area contributed by atoms with Crippen LogP contribution in [0.4, 0.5) is 0 Å². The number of aryl methyl sites for hydroxylation is 2. The molecule has 0 aliphatic rings. The molecule has 30 heavy (non-hydrogen) atoms. The van der Waals surface area contributed by atoms with E-state index in [1.165, 1.54) is 63.2 Å². The molecule has 0 saturated heterocycles. The van der Waals surface area contributed by atoms with Gasteiger partial charge in [0, 0.05) is 12.2 Å². The number of carbonyl (C=O) groups is 2. The highest BCUT2D eigenvalue weighted by Gasteiger charge is 1.98. The van der Waals surface area contributed by atoms with E-state index in [0.717, 1.165) is 24.0 Å². The van der Waals surface area contributed by atoms with Crippen molar-refractivity contribution in [2.75, 3.05) is 14.2 Å². The Kier molecular flexibility index (Phi) is 10.1. The molecule has 0 spiro atoms. The van der Waals surface area contributed by atoms with Gasteiger partial charge in [-0.05, 0) is 60.1 Å². The summed E-state index contributed by atoms with van der Waals surface area (Å²) in [4.78, 5) is 22.2. The maximum Gasteiger partial charge on any atom is 0.330 e. The molecule has 0 N–H and O–H groups in total. The van der Waals surface area contributed by atoms with Gasteiger partial charge < -0.3 is 9.47 Å². The molecule has 2 aromatic rings. The maximum absolute atomic E-state index is 11.1. The fraction of sp³-hybridized carbons (Fsp3) is 0.308. The van der Waals surface area contributed by atoms with E-state index in [-0.39, 0.29) is 11.9 Å². The molecular formula is C26H30O4. The van der Waals surface area contributed by atoms with Gasteiger partial charge in [-0.25, -0.2) is 9.59 Å². The van der Waals surface area contributed by atoms with Crippen molar-refractivity contribution in [1.82, 2.24) is 0 Å². The number of esters is 2. The average molecular weight is 407 g/mol. The first-order valence-electron chi connectivity index (χ1n) is 10.3.